The van der Waals surface area contributed by atoms with Gasteiger partial charge in [0, 0.05) is 6.20 Å². The summed E-state index contributed by atoms with van der Waals surface area (Å²) in [5, 5.41) is 3.43. The molecule has 2 heterocycles. The van der Waals surface area contributed by atoms with Crippen LogP contribution >= 0.6 is 11.3 Å². The van der Waals surface area contributed by atoms with Gasteiger partial charge in [0.05, 0.1) is 22.3 Å². The Morgan fingerprint density at radius 1 is 1.25 bits per heavy atom. The minimum absolute atomic E-state index is 0.0615. The monoisotopic (exact) mass is 287 g/mol. The van der Waals surface area contributed by atoms with Crippen LogP contribution in [0.4, 0.5) is 4.39 Å². The molecule has 0 unspecified atom stereocenters. The van der Waals surface area contributed by atoms with Crippen LogP contribution in [-0.2, 0) is 6.54 Å². The van der Waals surface area contributed by atoms with E-state index in [1.54, 1.807) is 0 Å². The highest BCUT2D eigenvalue weighted by Gasteiger charge is 2.12. The Hall–Kier alpha value is -2.34. The lowest BCUT2D eigenvalue weighted by molar-refractivity contribution is 0.0946. The van der Waals surface area contributed by atoms with E-state index in [9.17, 15) is 9.18 Å². The summed E-state index contributed by atoms with van der Waals surface area (Å²) < 4.78 is 14.4. The zero-order valence-corrected chi connectivity index (χ0v) is 11.2. The van der Waals surface area contributed by atoms with Gasteiger partial charge in [-0.2, -0.15) is 4.39 Å². The highest BCUT2D eigenvalue weighted by molar-refractivity contribution is 7.18. The van der Waals surface area contributed by atoms with Gasteiger partial charge in [-0.05, 0) is 24.3 Å². The van der Waals surface area contributed by atoms with E-state index in [0.717, 1.165) is 15.2 Å². The number of carbonyl (C=O) groups excluding carboxylic acids is 1. The molecule has 0 radical (unpaired) electrons. The van der Waals surface area contributed by atoms with Gasteiger partial charge in [-0.3, -0.25) is 4.79 Å². The van der Waals surface area contributed by atoms with Crippen LogP contribution in [0.2, 0.25) is 0 Å². The molecule has 1 N–H and O–H groups in total. The molecule has 6 heteroatoms. The van der Waals surface area contributed by atoms with Crippen molar-refractivity contribution in [1.29, 1.82) is 0 Å². The maximum absolute atomic E-state index is 13.3. The second kappa shape index (κ2) is 5.34. The molecule has 1 amide bonds. The number of hydrogen-bond donors (Lipinski definition) is 1. The average Bonchev–Trinajstić information content (AvgIpc) is 2.88. The highest BCUT2D eigenvalue weighted by Crippen LogP contribution is 2.21. The third kappa shape index (κ3) is 2.50. The van der Waals surface area contributed by atoms with Crippen LogP contribution in [0.15, 0.2) is 42.6 Å². The predicted molar refractivity (Wildman–Crippen MR) is 75.0 cm³/mol. The third-order valence-corrected chi connectivity index (χ3v) is 3.78. The fourth-order valence-corrected chi connectivity index (χ4v) is 2.71. The number of thiazole rings is 1. The average molecular weight is 287 g/mol. The Labute approximate surface area is 118 Å². The Morgan fingerprint density at radius 3 is 2.90 bits per heavy atom. The number of fused-ring (bicyclic) bond motifs is 1. The first kappa shape index (κ1) is 12.7. The number of benzene rings is 1. The number of nitrogens with one attached hydrogen (secondary N) is 1. The largest absolute Gasteiger partial charge is 0.345 e. The third-order valence-electron chi connectivity index (χ3n) is 2.74. The van der Waals surface area contributed by atoms with Crippen molar-refractivity contribution < 1.29 is 9.18 Å². The molecule has 0 saturated carbocycles. The summed E-state index contributed by atoms with van der Waals surface area (Å²) in [6, 6.07) is 10.7. The van der Waals surface area contributed by atoms with Gasteiger partial charge < -0.3 is 5.32 Å². The van der Waals surface area contributed by atoms with Gasteiger partial charge in [-0.15, -0.1) is 11.3 Å². The van der Waals surface area contributed by atoms with E-state index < -0.39 is 11.9 Å². The van der Waals surface area contributed by atoms with Crippen LogP contribution in [0.1, 0.15) is 15.4 Å². The Balaban J connectivity index is 1.73. The number of halogens is 1. The molecular weight excluding hydrogens is 277 g/mol. The van der Waals surface area contributed by atoms with E-state index in [0.29, 0.717) is 0 Å². The number of para-hydroxylation sites is 1. The first-order chi connectivity index (χ1) is 9.74. The molecule has 4 nitrogen and oxygen atoms in total. The Bertz CT molecular complexity index is 739. The lowest BCUT2D eigenvalue weighted by Crippen LogP contribution is -2.24. The number of pyridine rings is 1. The maximum atomic E-state index is 13.3. The molecule has 100 valence electrons. The second-order valence-electron chi connectivity index (χ2n) is 4.10. The van der Waals surface area contributed by atoms with Gasteiger partial charge >= 0.3 is 0 Å². The molecule has 3 rings (SSSR count). The van der Waals surface area contributed by atoms with E-state index in [1.807, 2.05) is 24.3 Å². The number of carbonyl (C=O) groups is 1. The van der Waals surface area contributed by atoms with Gasteiger partial charge in [0.25, 0.3) is 5.91 Å². The smallest absolute Gasteiger partial charge is 0.256 e. The summed E-state index contributed by atoms with van der Waals surface area (Å²) in [4.78, 5) is 19.7. The number of nitrogens with zero attached hydrogens (tertiary/aromatic N) is 2. The number of amides is 1. The fourth-order valence-electron chi connectivity index (χ4n) is 1.80. The van der Waals surface area contributed by atoms with Crippen molar-refractivity contribution in [3.05, 3.63) is 59.1 Å². The molecule has 0 aliphatic carbocycles. The van der Waals surface area contributed by atoms with E-state index in [2.05, 4.69) is 15.3 Å². The molecular formula is C14H10FN3OS. The molecule has 20 heavy (non-hydrogen) atoms. The van der Waals surface area contributed by atoms with Crippen LogP contribution in [-0.4, -0.2) is 15.9 Å². The van der Waals surface area contributed by atoms with E-state index in [-0.39, 0.29) is 12.1 Å². The molecule has 0 spiro atoms. The van der Waals surface area contributed by atoms with Crippen molar-refractivity contribution in [3.8, 4) is 0 Å². The van der Waals surface area contributed by atoms with Crippen molar-refractivity contribution in [2.45, 2.75) is 6.54 Å². The van der Waals surface area contributed by atoms with Crippen molar-refractivity contribution >= 4 is 27.5 Å². The van der Waals surface area contributed by atoms with Crippen LogP contribution in [0, 0.1) is 5.95 Å². The molecule has 1 aromatic carbocycles. The SMILES string of the molecule is O=C(NCc1nc2ccccc2s1)c1cccnc1F. The van der Waals surface area contributed by atoms with Gasteiger partial charge in [0.2, 0.25) is 5.95 Å². The summed E-state index contributed by atoms with van der Waals surface area (Å²) in [5.74, 6) is -1.26. The summed E-state index contributed by atoms with van der Waals surface area (Å²) in [5.41, 5.74) is 0.836. The number of aromatic nitrogens is 2. The summed E-state index contributed by atoms with van der Waals surface area (Å²) in [6.45, 7) is 0.270. The molecule has 0 aliphatic rings. The lowest BCUT2D eigenvalue weighted by atomic mass is 10.2. The summed E-state index contributed by atoms with van der Waals surface area (Å²) in [7, 11) is 0. The van der Waals surface area contributed by atoms with Crippen molar-refractivity contribution in [1.82, 2.24) is 15.3 Å². The Morgan fingerprint density at radius 2 is 2.10 bits per heavy atom. The molecule has 0 saturated heterocycles. The van der Waals surface area contributed by atoms with Crippen LogP contribution in [0.5, 0.6) is 0 Å². The zero-order chi connectivity index (χ0) is 13.9. The first-order valence-corrected chi connectivity index (χ1v) is 6.79. The maximum Gasteiger partial charge on any atom is 0.256 e. The number of rotatable bonds is 3. The quantitative estimate of drug-likeness (QED) is 0.754. The molecule has 0 bridgehead atoms. The minimum Gasteiger partial charge on any atom is -0.345 e. The van der Waals surface area contributed by atoms with E-state index in [4.69, 9.17) is 0 Å². The minimum atomic E-state index is -0.769. The topological polar surface area (TPSA) is 54.9 Å². The van der Waals surface area contributed by atoms with Gasteiger partial charge in [0.15, 0.2) is 0 Å². The highest BCUT2D eigenvalue weighted by atomic mass is 32.1. The second-order valence-corrected chi connectivity index (χ2v) is 5.21. The summed E-state index contributed by atoms with van der Waals surface area (Å²) in [6.07, 6.45) is 1.31. The van der Waals surface area contributed by atoms with Crippen LogP contribution in [0.25, 0.3) is 10.2 Å². The lowest BCUT2D eigenvalue weighted by Gasteiger charge is -2.03. The molecule has 3 aromatic rings. The fraction of sp³-hybridized carbons (Fsp3) is 0.0714. The van der Waals surface area contributed by atoms with Crippen molar-refractivity contribution in [3.63, 3.8) is 0 Å². The van der Waals surface area contributed by atoms with Gasteiger partial charge in [-0.1, -0.05) is 12.1 Å². The molecule has 0 aliphatic heterocycles. The normalized spacial score (nSPS) is 10.7. The molecule has 0 fully saturated rings. The van der Waals surface area contributed by atoms with Crippen LogP contribution in [0.3, 0.4) is 0 Å². The number of hydrogen-bond acceptors (Lipinski definition) is 4. The zero-order valence-electron chi connectivity index (χ0n) is 10.3. The van der Waals surface area contributed by atoms with Crippen LogP contribution < -0.4 is 5.32 Å². The first-order valence-electron chi connectivity index (χ1n) is 5.97. The van der Waals surface area contributed by atoms with Gasteiger partial charge in [-0.25, -0.2) is 9.97 Å². The van der Waals surface area contributed by atoms with E-state index in [1.165, 1.54) is 29.7 Å². The predicted octanol–water partition coefficient (Wildman–Crippen LogP) is 2.76. The standard InChI is InChI=1S/C14H10FN3OS/c15-13-9(4-3-7-16-13)14(19)17-8-12-18-10-5-1-2-6-11(10)20-12/h1-7H,8H2,(H,17,19). The van der Waals surface area contributed by atoms with Crippen molar-refractivity contribution in [2.75, 3.05) is 0 Å². The summed E-state index contributed by atoms with van der Waals surface area (Å²) >= 11 is 1.50. The van der Waals surface area contributed by atoms with Crippen molar-refractivity contribution in [2.24, 2.45) is 0 Å². The molecule has 2 aromatic heterocycles. The molecule has 0 atom stereocenters. The van der Waals surface area contributed by atoms with E-state index >= 15 is 0 Å². The Kier molecular flexibility index (Phi) is 3.39. The van der Waals surface area contributed by atoms with Gasteiger partial charge in [0.1, 0.15) is 5.01 Å².